The van der Waals surface area contributed by atoms with Gasteiger partial charge < -0.3 is 10.4 Å². The number of nitrogens with one attached hydrogen (secondary N) is 1. The first-order valence-corrected chi connectivity index (χ1v) is 3.17. The van der Waals surface area contributed by atoms with Crippen molar-refractivity contribution in [1.29, 1.82) is 0 Å². The molecule has 0 aromatic carbocycles. The maximum Gasteiger partial charge on any atom is 0.220 e. The van der Waals surface area contributed by atoms with Gasteiger partial charge in [0.25, 0.3) is 0 Å². The molecule has 0 bridgehead atoms. The molecule has 3 heteroatoms. The fourth-order valence-corrected chi connectivity index (χ4v) is 1.000. The van der Waals surface area contributed by atoms with Crippen molar-refractivity contribution < 1.29 is 9.90 Å². The van der Waals surface area contributed by atoms with Gasteiger partial charge in [0.1, 0.15) is 0 Å². The number of carbonyl (C=O) groups is 1. The smallest absolute Gasteiger partial charge is 0.220 e. The number of amides is 1. The van der Waals surface area contributed by atoms with Gasteiger partial charge in [0.05, 0.1) is 12.1 Å². The molecule has 2 atom stereocenters. The highest BCUT2D eigenvalue weighted by Gasteiger charge is 2.23. The summed E-state index contributed by atoms with van der Waals surface area (Å²) in [5, 5.41) is 11.6. The Morgan fingerprint density at radius 2 is 2.56 bits per heavy atom. The summed E-state index contributed by atoms with van der Waals surface area (Å²) in [6, 6.07) is -0.00231. The van der Waals surface area contributed by atoms with Crippen LogP contribution in [0.4, 0.5) is 0 Å². The van der Waals surface area contributed by atoms with Crippen LogP contribution in [0, 0.1) is 0 Å². The molecular weight excluding hydrogens is 118 g/mol. The second-order valence-electron chi connectivity index (χ2n) is 2.45. The molecule has 1 heterocycles. The van der Waals surface area contributed by atoms with Gasteiger partial charge >= 0.3 is 0 Å². The Morgan fingerprint density at radius 1 is 1.89 bits per heavy atom. The summed E-state index contributed by atoms with van der Waals surface area (Å²) in [4.78, 5) is 10.5. The lowest BCUT2D eigenvalue weighted by Gasteiger charge is -2.11. The van der Waals surface area contributed by atoms with Crippen LogP contribution in [0.5, 0.6) is 0 Å². The molecule has 0 aromatic heterocycles. The molecule has 1 amide bonds. The van der Waals surface area contributed by atoms with E-state index in [1.165, 1.54) is 0 Å². The van der Waals surface area contributed by atoms with Crippen LogP contribution < -0.4 is 5.32 Å². The molecule has 0 aromatic rings. The molecule has 0 saturated carbocycles. The third-order valence-corrected chi connectivity index (χ3v) is 1.61. The molecule has 1 aliphatic heterocycles. The molecule has 0 aliphatic carbocycles. The average molecular weight is 129 g/mol. The quantitative estimate of drug-likeness (QED) is 0.508. The van der Waals surface area contributed by atoms with Gasteiger partial charge in [0.15, 0.2) is 0 Å². The molecule has 2 N–H and O–H groups in total. The Labute approximate surface area is 54.1 Å². The topological polar surface area (TPSA) is 49.3 Å². The Kier molecular flexibility index (Phi) is 1.71. The van der Waals surface area contributed by atoms with Crippen molar-refractivity contribution in [3.05, 3.63) is 0 Å². The lowest BCUT2D eigenvalue weighted by molar-refractivity contribution is -0.119. The van der Waals surface area contributed by atoms with Crippen molar-refractivity contribution in [2.45, 2.75) is 31.9 Å². The van der Waals surface area contributed by atoms with E-state index in [2.05, 4.69) is 5.32 Å². The van der Waals surface area contributed by atoms with Crippen LogP contribution in [0.25, 0.3) is 0 Å². The van der Waals surface area contributed by atoms with E-state index in [4.69, 9.17) is 5.11 Å². The second-order valence-corrected chi connectivity index (χ2v) is 2.45. The molecule has 0 radical (unpaired) electrons. The van der Waals surface area contributed by atoms with Gasteiger partial charge in [-0.15, -0.1) is 0 Å². The highest BCUT2D eigenvalue weighted by atomic mass is 16.3. The lowest BCUT2D eigenvalue weighted by atomic mass is 10.1. The monoisotopic (exact) mass is 129 g/mol. The third kappa shape index (κ3) is 1.42. The van der Waals surface area contributed by atoms with Gasteiger partial charge in [-0.05, 0) is 13.3 Å². The van der Waals surface area contributed by atoms with Crippen LogP contribution in [-0.4, -0.2) is 23.2 Å². The lowest BCUT2D eigenvalue weighted by Crippen LogP contribution is -2.34. The van der Waals surface area contributed by atoms with Crippen molar-refractivity contribution in [2.75, 3.05) is 0 Å². The van der Waals surface area contributed by atoms with Gasteiger partial charge in [0.2, 0.25) is 5.91 Å². The van der Waals surface area contributed by atoms with Crippen LogP contribution in [-0.2, 0) is 4.79 Å². The molecule has 1 fully saturated rings. The standard InChI is InChI=1S/C6H11NO2/c1-4(8)5-2-3-6(9)7-5/h4-5,8H,2-3H2,1H3,(H,7,9)/t4-,5-/m0/s1. The Bertz CT molecular complexity index is 122. The number of aliphatic hydroxyl groups is 1. The second kappa shape index (κ2) is 2.35. The van der Waals surface area contributed by atoms with Gasteiger partial charge in [-0.25, -0.2) is 0 Å². The number of rotatable bonds is 1. The van der Waals surface area contributed by atoms with Crippen LogP contribution >= 0.6 is 0 Å². The molecule has 52 valence electrons. The summed E-state index contributed by atoms with van der Waals surface area (Å²) in [5.41, 5.74) is 0. The summed E-state index contributed by atoms with van der Waals surface area (Å²) in [6.45, 7) is 1.69. The fraction of sp³-hybridized carbons (Fsp3) is 0.833. The van der Waals surface area contributed by atoms with Crippen LogP contribution in [0.15, 0.2) is 0 Å². The van der Waals surface area contributed by atoms with Gasteiger partial charge in [0, 0.05) is 6.42 Å². The Hall–Kier alpha value is -0.570. The Morgan fingerprint density at radius 3 is 2.78 bits per heavy atom. The van der Waals surface area contributed by atoms with E-state index in [1.807, 2.05) is 0 Å². The summed E-state index contributed by atoms with van der Waals surface area (Å²) in [7, 11) is 0. The predicted molar refractivity (Wildman–Crippen MR) is 32.8 cm³/mol. The van der Waals surface area contributed by atoms with E-state index in [1.54, 1.807) is 6.92 Å². The zero-order chi connectivity index (χ0) is 6.85. The van der Waals surface area contributed by atoms with Crippen molar-refractivity contribution in [1.82, 2.24) is 5.32 Å². The zero-order valence-corrected chi connectivity index (χ0v) is 5.42. The Balaban J connectivity index is 2.39. The van der Waals surface area contributed by atoms with Crippen molar-refractivity contribution >= 4 is 5.91 Å². The van der Waals surface area contributed by atoms with Gasteiger partial charge in [-0.1, -0.05) is 0 Å². The minimum Gasteiger partial charge on any atom is -0.391 e. The average Bonchev–Trinajstić information content (AvgIpc) is 2.14. The van der Waals surface area contributed by atoms with Crippen LogP contribution in [0.2, 0.25) is 0 Å². The summed E-state index contributed by atoms with van der Waals surface area (Å²) < 4.78 is 0. The van der Waals surface area contributed by atoms with E-state index >= 15 is 0 Å². The van der Waals surface area contributed by atoms with E-state index in [0.717, 1.165) is 6.42 Å². The first-order chi connectivity index (χ1) is 4.20. The fourth-order valence-electron chi connectivity index (χ4n) is 1.000. The maximum absolute atomic E-state index is 10.5. The molecular formula is C6H11NO2. The SMILES string of the molecule is C[C@H](O)[C@@H]1CCC(=O)N1. The summed E-state index contributed by atoms with van der Waals surface area (Å²) in [6.07, 6.45) is 0.933. The normalized spacial score (nSPS) is 30.0. The van der Waals surface area contributed by atoms with Gasteiger partial charge in [-0.3, -0.25) is 4.79 Å². The third-order valence-electron chi connectivity index (χ3n) is 1.61. The highest BCUT2D eigenvalue weighted by molar-refractivity contribution is 5.78. The number of hydrogen-bond acceptors (Lipinski definition) is 2. The van der Waals surface area contributed by atoms with Crippen molar-refractivity contribution in [3.63, 3.8) is 0 Å². The number of aliphatic hydroxyl groups excluding tert-OH is 1. The summed E-state index contributed by atoms with van der Waals surface area (Å²) >= 11 is 0. The van der Waals surface area contributed by atoms with E-state index in [0.29, 0.717) is 6.42 Å². The number of carbonyl (C=O) groups excluding carboxylic acids is 1. The van der Waals surface area contributed by atoms with E-state index < -0.39 is 6.10 Å². The molecule has 1 aliphatic rings. The minimum atomic E-state index is -0.406. The zero-order valence-electron chi connectivity index (χ0n) is 5.42. The first kappa shape index (κ1) is 6.55. The van der Waals surface area contributed by atoms with Crippen LogP contribution in [0.1, 0.15) is 19.8 Å². The first-order valence-electron chi connectivity index (χ1n) is 3.17. The van der Waals surface area contributed by atoms with Crippen molar-refractivity contribution in [2.24, 2.45) is 0 Å². The largest absolute Gasteiger partial charge is 0.391 e. The molecule has 0 spiro atoms. The van der Waals surface area contributed by atoms with Crippen LogP contribution in [0.3, 0.4) is 0 Å². The molecule has 9 heavy (non-hydrogen) atoms. The summed E-state index contributed by atoms with van der Waals surface area (Å²) in [5.74, 6) is 0.0564. The molecule has 0 unspecified atom stereocenters. The van der Waals surface area contributed by atoms with E-state index in [-0.39, 0.29) is 11.9 Å². The predicted octanol–water partition coefficient (Wildman–Crippen LogP) is -0.354. The minimum absolute atomic E-state index is 0.00231. The van der Waals surface area contributed by atoms with E-state index in [9.17, 15) is 4.79 Å². The molecule has 1 saturated heterocycles. The van der Waals surface area contributed by atoms with Crippen molar-refractivity contribution in [3.8, 4) is 0 Å². The molecule has 1 rings (SSSR count). The molecule has 3 nitrogen and oxygen atoms in total. The highest BCUT2D eigenvalue weighted by Crippen LogP contribution is 2.09. The van der Waals surface area contributed by atoms with Gasteiger partial charge in [-0.2, -0.15) is 0 Å². The number of hydrogen-bond donors (Lipinski definition) is 2. The maximum atomic E-state index is 10.5.